The molecule has 96 heavy (non-hydrogen) atoms. The first-order valence-corrected chi connectivity index (χ1v) is 35.9. The molecule has 26 atom stereocenters. The van der Waals surface area contributed by atoms with Crippen LogP contribution in [0.3, 0.4) is 0 Å². The lowest BCUT2D eigenvalue weighted by molar-refractivity contribution is -0.399. The Hall–Kier alpha value is -3.84. The summed E-state index contributed by atoms with van der Waals surface area (Å²) in [6, 6.07) is 8.85. The molecule has 25 nitrogen and oxygen atoms in total. The number of carbonyl (C=O) groups is 4. The summed E-state index contributed by atoms with van der Waals surface area (Å²) in [5.41, 5.74) is 0.644. The molecule has 0 aromatic heterocycles. The number of ether oxygens (including phenoxy) is 14. The van der Waals surface area contributed by atoms with Crippen molar-refractivity contribution < 1.29 is 121 Å². The van der Waals surface area contributed by atoms with Gasteiger partial charge in [0.2, 0.25) is 0 Å². The summed E-state index contributed by atoms with van der Waals surface area (Å²) in [5.74, 6) is -3.75. The first-order valence-electron chi connectivity index (χ1n) is 35.9. The molecule has 1 aromatic carbocycles. The molecule has 0 bridgehead atoms. The van der Waals surface area contributed by atoms with Gasteiger partial charge in [-0.25, -0.2) is 4.79 Å². The Balaban J connectivity index is 1.25. The number of esters is 4. The van der Waals surface area contributed by atoms with Crippen LogP contribution in [-0.4, -0.2) is 219 Å². The highest BCUT2D eigenvalue weighted by Gasteiger charge is 2.59. The predicted molar refractivity (Wildman–Crippen MR) is 345 cm³/mol. The number of benzene rings is 1. The molecule has 1 aromatic rings. The first kappa shape index (κ1) is 79.5. The molecule has 0 spiro atoms. The van der Waals surface area contributed by atoms with Crippen LogP contribution in [0.2, 0.25) is 0 Å². The van der Waals surface area contributed by atoms with Gasteiger partial charge in [-0.05, 0) is 71.9 Å². The third-order valence-electron chi connectivity index (χ3n) is 19.1. The number of hydrogen-bond acceptors (Lipinski definition) is 25. The lowest BCUT2D eigenvalue weighted by Crippen LogP contribution is -2.68. The quantitative estimate of drug-likeness (QED) is 0.0208. The highest BCUT2D eigenvalue weighted by Crippen LogP contribution is 2.40. The topological polar surface area (TPSA) is 339 Å². The Kier molecular flexibility index (Phi) is 33.1. The number of unbranched alkanes of at least 4 members (excludes halogenated alkanes) is 10. The Morgan fingerprint density at radius 2 is 1.03 bits per heavy atom. The zero-order valence-corrected chi connectivity index (χ0v) is 57.9. The summed E-state index contributed by atoms with van der Waals surface area (Å²) in [5, 5.41) is 81.9. The second-order valence-corrected chi connectivity index (χ2v) is 27.3. The smallest absolute Gasteiger partial charge is 0.331 e. The maximum atomic E-state index is 14.6. The SMILES string of the molecule is CCCCCCCCCCCC(=O)O[C@H]1[C@H](O[C@@H]2[C@@H](O)[C@H]3OC(=O)CCCCCCCCC[C@H](CCCCC)O[C@@H]4O[C@H](C)[C@H](O)[C@H](O)[C@H]4O[C@@H]3O[C@H]2C)O[C@@H](C)[C@H](O[C@@H]2O[C@@H](C)[C@H](OC(=O)C(C)C)[C@@H](O)[C@H]2OC(=O)/C=C/c2ccccc2)[C@H]1O[C@@H]1O[C@@H](C)[C@H](O)[C@@H](O)[C@H]1O. The molecule has 6 heterocycles. The molecule has 6 aliphatic heterocycles. The van der Waals surface area contributed by atoms with Crippen LogP contribution in [0, 0.1) is 5.92 Å². The Labute approximate surface area is 566 Å². The normalized spacial score (nSPS) is 38.5. The van der Waals surface area contributed by atoms with Gasteiger partial charge in [-0.1, -0.05) is 167 Å². The summed E-state index contributed by atoms with van der Waals surface area (Å²) in [4.78, 5) is 55.6. The molecule has 6 saturated heterocycles. The van der Waals surface area contributed by atoms with Crippen LogP contribution in [0.15, 0.2) is 36.4 Å². The van der Waals surface area contributed by atoms with Crippen LogP contribution in [-0.2, 0) is 85.5 Å². The third-order valence-corrected chi connectivity index (χ3v) is 19.1. The molecule has 7 N–H and O–H groups in total. The van der Waals surface area contributed by atoms with Gasteiger partial charge in [-0.2, -0.15) is 0 Å². The number of aliphatic hydroxyl groups is 7. The molecule has 0 radical (unpaired) electrons. The molecule has 548 valence electrons. The van der Waals surface area contributed by atoms with Gasteiger partial charge in [0.25, 0.3) is 0 Å². The number of rotatable bonds is 26. The van der Waals surface area contributed by atoms with Gasteiger partial charge in [0.1, 0.15) is 67.1 Å². The van der Waals surface area contributed by atoms with Gasteiger partial charge >= 0.3 is 23.9 Å². The van der Waals surface area contributed by atoms with Gasteiger partial charge in [0, 0.05) is 18.9 Å². The highest BCUT2D eigenvalue weighted by atomic mass is 16.8. The van der Waals surface area contributed by atoms with Crippen LogP contribution >= 0.6 is 0 Å². The first-order chi connectivity index (χ1) is 46.0. The second kappa shape index (κ2) is 40.0. The molecule has 0 saturated carbocycles. The summed E-state index contributed by atoms with van der Waals surface area (Å²) in [6.07, 6.45) is -18.2. The fraction of sp³-hybridized carbons (Fsp3) is 0.831. The van der Waals surface area contributed by atoms with E-state index in [0.29, 0.717) is 37.7 Å². The van der Waals surface area contributed by atoms with Gasteiger partial charge in [0.05, 0.1) is 42.5 Å². The van der Waals surface area contributed by atoms with E-state index in [1.54, 1.807) is 51.1 Å². The number of fused-ring (bicyclic) bond motifs is 2. The van der Waals surface area contributed by atoms with Crippen LogP contribution < -0.4 is 0 Å². The van der Waals surface area contributed by atoms with Crippen molar-refractivity contribution in [3.8, 4) is 0 Å². The summed E-state index contributed by atoms with van der Waals surface area (Å²) >= 11 is 0. The van der Waals surface area contributed by atoms with Gasteiger partial charge in [-0.15, -0.1) is 0 Å². The van der Waals surface area contributed by atoms with E-state index in [0.717, 1.165) is 109 Å². The molecular weight excluding hydrogens is 1250 g/mol. The summed E-state index contributed by atoms with van der Waals surface area (Å²) in [7, 11) is 0. The standard InChI is InChI=1S/C71H114O25/c1-10-12-14-15-16-17-20-23-31-37-49(73)91-65-64(96-67-55(79)53(77)51(75)41(5)83-67)60(94-69-62(90-50(74)39-38-46-32-27-25-28-33-46)56(80)58(43(7)85-69)92-66(82)40(3)4)45(9)87-71(65)93-59-44(8)86-70-63(57(59)81)89-48(72)36-30-24-21-18-19-22-29-35-47(34-26-13-11-2)88-68-61(95-70)54(78)52(76)42(6)84-68/h25,27-28,32-33,38-45,47,51-65,67-71,75-81H,10-24,26,29-31,34-37H2,1-9H3/b39-38+/t41-,42+,43-,44-,45-,47-,51-,52-,53+,54-,55+,56+,57+,58-,59-,60-,61+,62+,63+,64+,65+,67-,68-,69-,70-,71-/m0/s1. The second-order valence-electron chi connectivity index (χ2n) is 27.3. The minimum atomic E-state index is -1.95. The van der Waals surface area contributed by atoms with Gasteiger partial charge in [-0.3, -0.25) is 14.4 Å². The lowest BCUT2D eigenvalue weighted by atomic mass is 9.95. The van der Waals surface area contributed by atoms with Gasteiger partial charge in [0.15, 0.2) is 55.9 Å². The van der Waals surface area contributed by atoms with E-state index in [2.05, 4.69) is 13.8 Å². The fourth-order valence-corrected chi connectivity index (χ4v) is 13.2. The largest absolute Gasteiger partial charge is 0.456 e. The number of carbonyl (C=O) groups excluding carboxylic acids is 4. The molecule has 25 heteroatoms. The van der Waals surface area contributed by atoms with E-state index in [1.807, 2.05) is 0 Å². The van der Waals surface area contributed by atoms with Crippen LogP contribution in [0.25, 0.3) is 6.08 Å². The van der Waals surface area contributed by atoms with Crippen molar-refractivity contribution in [2.75, 3.05) is 0 Å². The predicted octanol–water partition coefficient (Wildman–Crippen LogP) is 7.21. The molecular formula is C71H114O25. The van der Waals surface area contributed by atoms with E-state index < -0.39 is 183 Å². The molecule has 0 amide bonds. The minimum absolute atomic E-state index is 0.0393. The van der Waals surface area contributed by atoms with E-state index in [1.165, 1.54) is 33.8 Å². The van der Waals surface area contributed by atoms with E-state index in [4.69, 9.17) is 66.3 Å². The maximum Gasteiger partial charge on any atom is 0.331 e. The lowest BCUT2D eigenvalue weighted by Gasteiger charge is -2.51. The molecule has 6 aliphatic rings. The molecule has 0 aliphatic carbocycles. The zero-order valence-electron chi connectivity index (χ0n) is 57.9. The minimum Gasteiger partial charge on any atom is -0.456 e. The van der Waals surface area contributed by atoms with Gasteiger partial charge < -0.3 is 102 Å². The Bertz CT molecular complexity index is 2470. The Morgan fingerprint density at radius 3 is 1.71 bits per heavy atom. The number of aliphatic hydroxyl groups excluding tert-OH is 7. The van der Waals surface area contributed by atoms with Crippen molar-refractivity contribution >= 4 is 30.0 Å². The van der Waals surface area contributed by atoms with Crippen molar-refractivity contribution in [1.29, 1.82) is 0 Å². The average Bonchev–Trinajstić information content (AvgIpc) is 0.768. The molecule has 6 fully saturated rings. The summed E-state index contributed by atoms with van der Waals surface area (Å²) in [6.45, 7) is 15.1. The van der Waals surface area contributed by atoms with E-state index in [9.17, 15) is 54.9 Å². The zero-order chi connectivity index (χ0) is 69.6. The van der Waals surface area contributed by atoms with E-state index >= 15 is 0 Å². The van der Waals surface area contributed by atoms with Crippen LogP contribution in [0.4, 0.5) is 0 Å². The summed E-state index contributed by atoms with van der Waals surface area (Å²) < 4.78 is 89.7. The van der Waals surface area contributed by atoms with Crippen LogP contribution in [0.1, 0.15) is 216 Å². The van der Waals surface area contributed by atoms with Crippen molar-refractivity contribution in [2.45, 2.75) is 370 Å². The van der Waals surface area contributed by atoms with Crippen molar-refractivity contribution in [1.82, 2.24) is 0 Å². The third kappa shape index (κ3) is 22.8. The van der Waals surface area contributed by atoms with Crippen molar-refractivity contribution in [3.05, 3.63) is 42.0 Å². The highest BCUT2D eigenvalue weighted by molar-refractivity contribution is 5.87. The van der Waals surface area contributed by atoms with Crippen LogP contribution in [0.5, 0.6) is 0 Å². The Morgan fingerprint density at radius 1 is 0.490 bits per heavy atom. The fourth-order valence-electron chi connectivity index (χ4n) is 13.2. The van der Waals surface area contributed by atoms with Crippen molar-refractivity contribution in [2.24, 2.45) is 5.92 Å². The maximum absolute atomic E-state index is 14.6. The average molecular weight is 1370 g/mol. The number of hydrogen-bond donors (Lipinski definition) is 7. The molecule has 7 rings (SSSR count). The monoisotopic (exact) mass is 1370 g/mol. The molecule has 0 unspecified atom stereocenters. The van der Waals surface area contributed by atoms with E-state index in [-0.39, 0.29) is 18.9 Å². The van der Waals surface area contributed by atoms with Crippen molar-refractivity contribution in [3.63, 3.8) is 0 Å².